The van der Waals surface area contributed by atoms with Gasteiger partial charge in [0.25, 0.3) is 0 Å². The monoisotopic (exact) mass is 220 g/mol. The van der Waals surface area contributed by atoms with E-state index in [1.165, 1.54) is 19.3 Å². The van der Waals surface area contributed by atoms with Gasteiger partial charge in [-0.3, -0.25) is 0 Å². The first-order valence-corrected chi connectivity index (χ1v) is 6.11. The van der Waals surface area contributed by atoms with Crippen LogP contribution in [0.25, 0.3) is 0 Å². The Kier molecular flexibility index (Phi) is 4.10. The van der Waals surface area contributed by atoms with Gasteiger partial charge in [0, 0.05) is 37.9 Å². The molecule has 4 nitrogen and oxygen atoms in total. The molecule has 1 aliphatic heterocycles. The summed E-state index contributed by atoms with van der Waals surface area (Å²) in [6, 6.07) is 2.00. The minimum Gasteiger partial charge on any atom is -0.341 e. The molecule has 1 aliphatic rings. The maximum atomic E-state index is 4.61. The SMILES string of the molecule is CNCCc1ccnc(N2CCCCC2)n1. The third-order valence-electron chi connectivity index (χ3n) is 2.97. The number of nitrogens with zero attached hydrogens (tertiary/aromatic N) is 3. The number of likely N-dealkylation sites (N-methyl/N-ethyl adjacent to an activating group) is 1. The molecule has 0 radical (unpaired) electrons. The number of piperidine rings is 1. The molecule has 4 heteroatoms. The molecule has 0 aliphatic carbocycles. The van der Waals surface area contributed by atoms with Crippen molar-refractivity contribution < 1.29 is 0 Å². The molecule has 16 heavy (non-hydrogen) atoms. The van der Waals surface area contributed by atoms with Crippen molar-refractivity contribution in [2.75, 3.05) is 31.6 Å². The van der Waals surface area contributed by atoms with Gasteiger partial charge in [0.2, 0.25) is 5.95 Å². The largest absolute Gasteiger partial charge is 0.341 e. The van der Waals surface area contributed by atoms with E-state index in [2.05, 4.69) is 20.2 Å². The van der Waals surface area contributed by atoms with Gasteiger partial charge in [-0.1, -0.05) is 0 Å². The molecular weight excluding hydrogens is 200 g/mol. The van der Waals surface area contributed by atoms with Crippen LogP contribution in [-0.2, 0) is 6.42 Å². The van der Waals surface area contributed by atoms with Gasteiger partial charge in [0.1, 0.15) is 0 Å². The van der Waals surface area contributed by atoms with E-state index < -0.39 is 0 Å². The Morgan fingerprint density at radius 3 is 2.88 bits per heavy atom. The van der Waals surface area contributed by atoms with Crippen LogP contribution in [0.15, 0.2) is 12.3 Å². The summed E-state index contributed by atoms with van der Waals surface area (Å²) in [7, 11) is 1.97. The van der Waals surface area contributed by atoms with Crippen LogP contribution in [0.4, 0.5) is 5.95 Å². The van der Waals surface area contributed by atoms with Crippen LogP contribution in [-0.4, -0.2) is 36.6 Å². The molecule has 1 N–H and O–H groups in total. The lowest BCUT2D eigenvalue weighted by Gasteiger charge is -2.26. The molecule has 1 fully saturated rings. The average Bonchev–Trinajstić information content (AvgIpc) is 2.38. The van der Waals surface area contributed by atoms with Crippen molar-refractivity contribution >= 4 is 5.95 Å². The number of hydrogen-bond acceptors (Lipinski definition) is 4. The highest BCUT2D eigenvalue weighted by molar-refractivity contribution is 5.30. The van der Waals surface area contributed by atoms with E-state index in [0.717, 1.165) is 37.7 Å². The molecule has 0 bridgehead atoms. The quantitative estimate of drug-likeness (QED) is 0.828. The topological polar surface area (TPSA) is 41.1 Å². The van der Waals surface area contributed by atoms with Crippen LogP contribution < -0.4 is 10.2 Å². The maximum Gasteiger partial charge on any atom is 0.225 e. The van der Waals surface area contributed by atoms with Gasteiger partial charge in [-0.2, -0.15) is 0 Å². The summed E-state index contributed by atoms with van der Waals surface area (Å²) >= 11 is 0. The van der Waals surface area contributed by atoms with Crippen molar-refractivity contribution in [3.05, 3.63) is 18.0 Å². The van der Waals surface area contributed by atoms with E-state index in [-0.39, 0.29) is 0 Å². The van der Waals surface area contributed by atoms with Crippen molar-refractivity contribution in [3.63, 3.8) is 0 Å². The molecule has 2 heterocycles. The lowest BCUT2D eigenvalue weighted by molar-refractivity contribution is 0.567. The highest BCUT2D eigenvalue weighted by Crippen LogP contribution is 2.15. The van der Waals surface area contributed by atoms with Crippen LogP contribution in [0.2, 0.25) is 0 Å². The van der Waals surface area contributed by atoms with Crippen molar-refractivity contribution in [1.82, 2.24) is 15.3 Å². The zero-order valence-electron chi connectivity index (χ0n) is 9.95. The minimum absolute atomic E-state index is 0.910. The highest BCUT2D eigenvalue weighted by Gasteiger charge is 2.13. The number of hydrogen-bond donors (Lipinski definition) is 1. The van der Waals surface area contributed by atoms with Crippen LogP contribution >= 0.6 is 0 Å². The maximum absolute atomic E-state index is 4.61. The standard InChI is InChI=1S/C12H20N4/c1-13-7-5-11-6-8-14-12(15-11)16-9-3-2-4-10-16/h6,8,13H,2-5,7,9-10H2,1H3. The smallest absolute Gasteiger partial charge is 0.225 e. The Hall–Kier alpha value is -1.16. The van der Waals surface area contributed by atoms with Crippen molar-refractivity contribution in [2.24, 2.45) is 0 Å². The summed E-state index contributed by atoms with van der Waals surface area (Å²) in [5.74, 6) is 0.910. The number of aromatic nitrogens is 2. The van der Waals surface area contributed by atoms with Crippen molar-refractivity contribution in [3.8, 4) is 0 Å². The zero-order valence-corrected chi connectivity index (χ0v) is 9.95. The van der Waals surface area contributed by atoms with Gasteiger partial charge in [0.05, 0.1) is 0 Å². The average molecular weight is 220 g/mol. The fourth-order valence-electron chi connectivity index (χ4n) is 2.02. The normalized spacial score (nSPS) is 16.4. The molecule has 0 unspecified atom stereocenters. The summed E-state index contributed by atoms with van der Waals surface area (Å²) in [4.78, 5) is 11.3. The molecule has 0 saturated carbocycles. The number of anilines is 1. The van der Waals surface area contributed by atoms with Gasteiger partial charge in [-0.05, 0) is 32.4 Å². The van der Waals surface area contributed by atoms with Gasteiger partial charge in [0.15, 0.2) is 0 Å². The van der Waals surface area contributed by atoms with Crippen LogP contribution in [0.3, 0.4) is 0 Å². The summed E-state index contributed by atoms with van der Waals surface area (Å²) in [6.45, 7) is 3.18. The van der Waals surface area contributed by atoms with Crippen molar-refractivity contribution in [1.29, 1.82) is 0 Å². The van der Waals surface area contributed by atoms with Gasteiger partial charge >= 0.3 is 0 Å². The fourth-order valence-corrected chi connectivity index (χ4v) is 2.02. The lowest BCUT2D eigenvalue weighted by Crippen LogP contribution is -2.31. The Morgan fingerprint density at radius 2 is 2.12 bits per heavy atom. The zero-order chi connectivity index (χ0) is 11.2. The summed E-state index contributed by atoms with van der Waals surface area (Å²) in [5, 5.41) is 3.14. The molecule has 0 amide bonds. The molecule has 1 aromatic heterocycles. The fraction of sp³-hybridized carbons (Fsp3) is 0.667. The van der Waals surface area contributed by atoms with E-state index in [1.807, 2.05) is 19.3 Å². The summed E-state index contributed by atoms with van der Waals surface area (Å²) in [6.07, 6.45) is 6.73. The highest BCUT2D eigenvalue weighted by atomic mass is 15.2. The van der Waals surface area contributed by atoms with E-state index >= 15 is 0 Å². The first-order chi connectivity index (χ1) is 7.90. The Bertz CT molecular complexity index is 321. The van der Waals surface area contributed by atoms with E-state index in [0.29, 0.717) is 0 Å². The third-order valence-corrected chi connectivity index (χ3v) is 2.97. The molecule has 2 rings (SSSR count). The summed E-state index contributed by atoms with van der Waals surface area (Å²) < 4.78 is 0. The van der Waals surface area contributed by atoms with E-state index in [1.54, 1.807) is 0 Å². The molecule has 0 spiro atoms. The Labute approximate surface area is 97.1 Å². The Morgan fingerprint density at radius 1 is 1.31 bits per heavy atom. The second-order valence-electron chi connectivity index (χ2n) is 4.25. The second kappa shape index (κ2) is 5.80. The molecule has 88 valence electrons. The molecule has 1 aromatic rings. The first kappa shape index (κ1) is 11.3. The third kappa shape index (κ3) is 2.92. The van der Waals surface area contributed by atoms with Crippen molar-refractivity contribution in [2.45, 2.75) is 25.7 Å². The molecule has 0 atom stereocenters. The predicted molar refractivity (Wildman–Crippen MR) is 65.7 cm³/mol. The molecule has 1 saturated heterocycles. The molecular formula is C12H20N4. The molecule has 0 aromatic carbocycles. The van der Waals surface area contributed by atoms with Crippen LogP contribution in [0.5, 0.6) is 0 Å². The van der Waals surface area contributed by atoms with E-state index in [9.17, 15) is 0 Å². The van der Waals surface area contributed by atoms with Crippen LogP contribution in [0, 0.1) is 0 Å². The van der Waals surface area contributed by atoms with Gasteiger partial charge in [-0.25, -0.2) is 9.97 Å². The summed E-state index contributed by atoms with van der Waals surface area (Å²) in [5.41, 5.74) is 1.13. The van der Waals surface area contributed by atoms with Gasteiger partial charge < -0.3 is 10.2 Å². The van der Waals surface area contributed by atoms with Crippen LogP contribution in [0.1, 0.15) is 25.0 Å². The van der Waals surface area contributed by atoms with E-state index in [4.69, 9.17) is 0 Å². The number of rotatable bonds is 4. The minimum atomic E-state index is 0.910. The number of nitrogens with one attached hydrogen (secondary N) is 1. The predicted octanol–water partition coefficient (Wildman–Crippen LogP) is 1.23. The Balaban J connectivity index is 2.02. The lowest BCUT2D eigenvalue weighted by atomic mass is 10.1. The second-order valence-corrected chi connectivity index (χ2v) is 4.25. The first-order valence-electron chi connectivity index (χ1n) is 6.11. The van der Waals surface area contributed by atoms with Gasteiger partial charge in [-0.15, -0.1) is 0 Å².